The lowest BCUT2D eigenvalue weighted by molar-refractivity contribution is -0.272. The maximum absolute atomic E-state index is 14.3. The Hall–Kier alpha value is -5.53. The zero-order chi connectivity index (χ0) is 78.8. The lowest BCUT2D eigenvalue weighted by Gasteiger charge is -2.42. The van der Waals surface area contributed by atoms with Crippen molar-refractivity contribution in [2.45, 2.75) is 190 Å². The van der Waals surface area contributed by atoms with Crippen LogP contribution in [0.3, 0.4) is 0 Å². The summed E-state index contributed by atoms with van der Waals surface area (Å²) >= 11 is 0. The number of Topliss-reactive ketones (excluding diaryl/α,β-unsaturated/α-hetero) is 1. The molecule has 1 aromatic carbocycles. The molecule has 40 heteroatoms. The molecule has 0 saturated carbocycles. The number of nitrogens with one attached hydrogen (secondary N) is 7. The predicted octanol–water partition coefficient (Wildman–Crippen LogP) is -5.72. The van der Waals surface area contributed by atoms with Gasteiger partial charge in [-0.05, 0) is 45.4 Å². The molecule has 3 aliphatic heterocycles. The molecule has 107 heavy (non-hydrogen) atoms. The highest BCUT2D eigenvalue weighted by Crippen LogP contribution is 2.46. The van der Waals surface area contributed by atoms with Crippen LogP contribution in [0.25, 0.3) is 0 Å². The van der Waals surface area contributed by atoms with Gasteiger partial charge in [0, 0.05) is 71.8 Å². The van der Waals surface area contributed by atoms with Crippen molar-refractivity contribution in [3.8, 4) is 11.8 Å². The van der Waals surface area contributed by atoms with Crippen LogP contribution in [0, 0.1) is 11.3 Å². The van der Waals surface area contributed by atoms with Gasteiger partial charge in [-0.2, -0.15) is 5.26 Å². The molecule has 3 saturated heterocycles. The first kappa shape index (κ1) is 93.8. The summed E-state index contributed by atoms with van der Waals surface area (Å²) in [7, 11) is -1.65. The monoisotopic (exact) mass is 1560 g/mol. The highest BCUT2D eigenvalue weighted by Gasteiger charge is 2.48. The number of hydrogen-bond acceptors (Lipinski definition) is 33. The molecule has 39 nitrogen and oxygen atoms in total. The molecular formula is C67H114N9O30P. The summed E-state index contributed by atoms with van der Waals surface area (Å²) in [5.74, 6) is -2.77. The van der Waals surface area contributed by atoms with E-state index in [4.69, 9.17) is 65.9 Å². The molecule has 1 aromatic rings. The number of carbonyl (C=O) groups is 7. The summed E-state index contributed by atoms with van der Waals surface area (Å²) in [5, 5.41) is 119. The van der Waals surface area contributed by atoms with Crippen molar-refractivity contribution in [2.75, 3.05) is 152 Å². The number of hydrogen-bond donors (Lipinski definition) is 16. The molecule has 6 amide bonds. The molecule has 3 heterocycles. The topological polar surface area (TPSA) is 542 Å². The molecule has 16 atom stereocenters. The van der Waals surface area contributed by atoms with Crippen molar-refractivity contribution < 1.29 is 145 Å². The van der Waals surface area contributed by atoms with Gasteiger partial charge in [0.1, 0.15) is 90.1 Å². The molecule has 16 N–H and O–H groups in total. The first-order valence-corrected chi connectivity index (χ1v) is 36.7. The molecule has 4 rings (SSSR count). The van der Waals surface area contributed by atoms with Gasteiger partial charge in [-0.1, -0.05) is 12.1 Å². The van der Waals surface area contributed by atoms with Crippen LogP contribution in [-0.2, 0) is 101 Å². The Labute approximate surface area is 623 Å². The van der Waals surface area contributed by atoms with Gasteiger partial charge in [-0.25, -0.2) is 4.67 Å². The van der Waals surface area contributed by atoms with Crippen LogP contribution in [0.5, 0.6) is 5.75 Å². The minimum atomic E-state index is -1.65. The first-order valence-electron chi connectivity index (χ1n) is 35.6. The summed E-state index contributed by atoms with van der Waals surface area (Å²) in [5.41, 5.74) is -0.973. The highest BCUT2D eigenvalue weighted by molar-refractivity contribution is 7.45. The Morgan fingerprint density at radius 1 is 0.514 bits per heavy atom. The predicted molar refractivity (Wildman–Crippen MR) is 373 cm³/mol. The molecule has 0 radical (unpaired) electrons. The number of amides is 6. The van der Waals surface area contributed by atoms with E-state index in [9.17, 15) is 84.8 Å². The maximum atomic E-state index is 14.3. The zero-order valence-electron chi connectivity index (χ0n) is 61.9. The van der Waals surface area contributed by atoms with E-state index in [-0.39, 0.29) is 182 Å². The van der Waals surface area contributed by atoms with Gasteiger partial charge in [-0.15, -0.1) is 0 Å². The number of ketones is 1. The fraction of sp³-hybridized carbons (Fsp3) is 0.791. The fourth-order valence-corrected chi connectivity index (χ4v) is 12.7. The van der Waals surface area contributed by atoms with Crippen LogP contribution < -0.4 is 41.7 Å². The van der Waals surface area contributed by atoms with Gasteiger partial charge in [0.25, 0.3) is 0 Å². The Balaban J connectivity index is 1.41. The Morgan fingerprint density at radius 2 is 0.907 bits per heavy atom. The van der Waals surface area contributed by atoms with Crippen LogP contribution in [0.2, 0.25) is 0 Å². The van der Waals surface area contributed by atoms with Crippen LogP contribution in [-0.4, -0.2) is 353 Å². The average molecular weight is 1560 g/mol. The third kappa shape index (κ3) is 34.7. The summed E-state index contributed by atoms with van der Waals surface area (Å²) < 4.78 is 83.3. The van der Waals surface area contributed by atoms with Gasteiger partial charge < -0.3 is 149 Å². The largest absolute Gasteiger partial charge is 0.436 e. The van der Waals surface area contributed by atoms with Gasteiger partial charge in [-0.3, -0.25) is 33.6 Å². The summed E-state index contributed by atoms with van der Waals surface area (Å²) in [6.07, 6.45) is -16.6. The first-order chi connectivity index (χ1) is 51.2. The van der Waals surface area contributed by atoms with Crippen molar-refractivity contribution in [1.29, 1.82) is 5.26 Å². The van der Waals surface area contributed by atoms with Crippen LogP contribution in [0.15, 0.2) is 24.3 Å². The van der Waals surface area contributed by atoms with Gasteiger partial charge in [0.15, 0.2) is 18.9 Å². The normalized spacial score (nSPS) is 24.9. The fourth-order valence-electron chi connectivity index (χ4n) is 11.1. The van der Waals surface area contributed by atoms with Crippen molar-refractivity contribution in [3.05, 3.63) is 29.8 Å². The second kappa shape index (κ2) is 51.8. The maximum Gasteiger partial charge on any atom is 0.321 e. The standard InChI is InChI=1S/C67H114N9O30P/c1-41(2)76(42(3)4)107(102-20-8-16-68)106-48-11-9-46(10-12-48)33-54(86)75-67(39-97-22-14-52(84)70-18-25-94-28-31-100-65-56(73-44(6)81)62(91)59(88)50(36-78)104-65,40-98-23-15-53(85)71-19-26-95-29-32-101-66-57(74-45(7)82)63(92)60(89)51(37-79)105-66)38-96-21-13-47(83)34-69-17-24-93-27-30-99-64-55(72-43(5)80)61(90)58(87)49(35-77)103-64/h9-12,41-42,49-51,55-66,69,77-79,87-92H,8,13-15,17-40H2,1-7H3,(H,70,84)(H,71,85)(H,72,80)(H,73,81)(H,74,82)(H,75,86)/t49-,50-,51-,55-,56-,57-,58+,59+,60+,61-,62-,63-,64-,65-,66-,107?/m1/s1. The van der Waals surface area contributed by atoms with Crippen LogP contribution in [0.4, 0.5) is 0 Å². The molecule has 612 valence electrons. The van der Waals surface area contributed by atoms with Gasteiger partial charge in [0.2, 0.25) is 35.4 Å². The van der Waals surface area contributed by atoms with E-state index >= 15 is 0 Å². The quantitative estimate of drug-likeness (QED) is 0.0213. The van der Waals surface area contributed by atoms with Gasteiger partial charge in [0.05, 0.1) is 151 Å². The summed E-state index contributed by atoms with van der Waals surface area (Å²) in [6.45, 7) is 8.65. The smallest absolute Gasteiger partial charge is 0.321 e. The number of aliphatic hydroxyl groups is 9. The Kier molecular flexibility index (Phi) is 45.5. The number of carbonyl (C=O) groups excluding carboxylic acids is 7. The summed E-state index contributed by atoms with van der Waals surface area (Å²) in [4.78, 5) is 89.1. The molecule has 0 aromatic heterocycles. The number of nitrogens with zero attached hydrogens (tertiary/aromatic N) is 2. The Morgan fingerprint density at radius 3 is 1.28 bits per heavy atom. The minimum Gasteiger partial charge on any atom is -0.436 e. The number of aliphatic hydroxyl groups excluding tert-OH is 9. The number of rotatable bonds is 55. The number of ether oxygens (including phenoxy) is 12. The van der Waals surface area contributed by atoms with E-state index < -0.39 is 161 Å². The lowest BCUT2D eigenvalue weighted by Crippen LogP contribution is -2.64. The lowest BCUT2D eigenvalue weighted by atomic mass is 9.97. The van der Waals surface area contributed by atoms with E-state index in [1.54, 1.807) is 24.3 Å². The van der Waals surface area contributed by atoms with E-state index in [0.29, 0.717) is 11.3 Å². The van der Waals surface area contributed by atoms with Crippen LogP contribution in [0.1, 0.15) is 79.7 Å². The van der Waals surface area contributed by atoms with Crippen molar-refractivity contribution in [2.24, 2.45) is 0 Å². The molecule has 3 fully saturated rings. The molecule has 0 spiro atoms. The highest BCUT2D eigenvalue weighted by atomic mass is 31.2. The van der Waals surface area contributed by atoms with Crippen molar-refractivity contribution >= 4 is 49.8 Å². The molecule has 0 aliphatic carbocycles. The van der Waals surface area contributed by atoms with Crippen LogP contribution >= 0.6 is 8.53 Å². The second-order valence-electron chi connectivity index (χ2n) is 25.9. The van der Waals surface area contributed by atoms with E-state index in [0.717, 1.165) is 0 Å². The number of benzene rings is 1. The SMILES string of the molecule is CC(=O)N[C@H]1[C@H](OCCOCCNCC(=O)CCOCC(COCCC(=O)NCCOCCO[C@@H]2O[C@H](CO)[C@H](O)[C@H](O)[C@H]2NC(C)=O)(COCCC(=O)NCCOCCO[C@@H]2O[C@H](CO)[C@H](O)[C@H](O)[C@H]2NC(C)=O)NC(=O)Cc2ccc(OP(OCCC#N)N(C(C)C)C(C)C)cc2)O[C@H](CO)[C@H](O)[C@@H]1O. The molecule has 1 unspecified atom stereocenters. The van der Waals surface area contributed by atoms with Crippen molar-refractivity contribution in [1.82, 2.24) is 41.9 Å². The molecule has 3 aliphatic rings. The molecule has 0 bridgehead atoms. The third-order valence-corrected chi connectivity index (χ3v) is 18.4. The summed E-state index contributed by atoms with van der Waals surface area (Å²) in [6, 6.07) is 5.50. The Bertz CT molecular complexity index is 2700. The van der Waals surface area contributed by atoms with Crippen molar-refractivity contribution in [3.63, 3.8) is 0 Å². The molecular weight excluding hydrogens is 1440 g/mol. The van der Waals surface area contributed by atoms with E-state index in [1.807, 2.05) is 27.7 Å². The zero-order valence-corrected chi connectivity index (χ0v) is 62.8. The second-order valence-corrected chi connectivity index (χ2v) is 27.2. The van der Waals surface area contributed by atoms with E-state index in [2.05, 4.69) is 48.0 Å². The van der Waals surface area contributed by atoms with Gasteiger partial charge >= 0.3 is 8.53 Å². The minimum absolute atomic E-state index is 0.0184. The number of nitriles is 1. The third-order valence-electron chi connectivity index (χ3n) is 16.3. The average Bonchev–Trinajstić information content (AvgIpc) is 0.817. The van der Waals surface area contributed by atoms with E-state index in [1.165, 1.54) is 20.8 Å².